The summed E-state index contributed by atoms with van der Waals surface area (Å²) in [5.41, 5.74) is 1.13. The average Bonchev–Trinajstić information content (AvgIpc) is 2.47. The molecule has 0 aliphatic rings. The van der Waals surface area contributed by atoms with Crippen LogP contribution in [0.2, 0.25) is 0 Å². The van der Waals surface area contributed by atoms with Gasteiger partial charge in [0.2, 0.25) is 0 Å². The van der Waals surface area contributed by atoms with Crippen molar-refractivity contribution in [3.05, 3.63) is 66.0 Å². The van der Waals surface area contributed by atoms with Gasteiger partial charge in [0.15, 0.2) is 5.78 Å². The molecule has 3 nitrogen and oxygen atoms in total. The van der Waals surface area contributed by atoms with Crippen LogP contribution in [0.5, 0.6) is 0 Å². The molecule has 2 atom stereocenters. The van der Waals surface area contributed by atoms with E-state index in [-0.39, 0.29) is 5.78 Å². The third-order valence-corrected chi connectivity index (χ3v) is 2.94. The Morgan fingerprint density at radius 3 is 2.39 bits per heavy atom. The molecule has 92 valence electrons. The van der Waals surface area contributed by atoms with Gasteiger partial charge in [-0.05, 0) is 12.1 Å². The van der Waals surface area contributed by atoms with Gasteiger partial charge in [-0.3, -0.25) is 9.78 Å². The van der Waals surface area contributed by atoms with Crippen molar-refractivity contribution in [2.75, 3.05) is 0 Å². The number of pyridine rings is 1. The van der Waals surface area contributed by atoms with Crippen molar-refractivity contribution in [2.24, 2.45) is 5.92 Å². The Morgan fingerprint density at radius 1 is 1.11 bits per heavy atom. The highest BCUT2D eigenvalue weighted by Gasteiger charge is 2.25. The summed E-state index contributed by atoms with van der Waals surface area (Å²) in [6.45, 7) is 1.72. The van der Waals surface area contributed by atoms with Crippen LogP contribution in [0.4, 0.5) is 0 Å². The van der Waals surface area contributed by atoms with E-state index in [0.717, 1.165) is 0 Å². The number of nitrogens with zero attached hydrogens (tertiary/aromatic N) is 1. The van der Waals surface area contributed by atoms with Crippen LogP contribution < -0.4 is 0 Å². The summed E-state index contributed by atoms with van der Waals surface area (Å²) in [4.78, 5) is 16.2. The van der Waals surface area contributed by atoms with Crippen molar-refractivity contribution in [1.82, 2.24) is 4.98 Å². The second kappa shape index (κ2) is 5.56. The zero-order valence-electron chi connectivity index (χ0n) is 10.2. The summed E-state index contributed by atoms with van der Waals surface area (Å²) in [6, 6.07) is 14.3. The van der Waals surface area contributed by atoms with Crippen molar-refractivity contribution in [3.63, 3.8) is 0 Å². The Balaban J connectivity index is 2.17. The molecule has 0 saturated heterocycles. The number of carbonyl (C=O) groups is 1. The fourth-order valence-corrected chi connectivity index (χ4v) is 1.82. The van der Waals surface area contributed by atoms with Crippen molar-refractivity contribution < 1.29 is 9.90 Å². The molecule has 0 unspecified atom stereocenters. The second-order valence-electron chi connectivity index (χ2n) is 4.22. The van der Waals surface area contributed by atoms with Crippen molar-refractivity contribution in [1.29, 1.82) is 0 Å². The van der Waals surface area contributed by atoms with Gasteiger partial charge in [-0.25, -0.2) is 0 Å². The van der Waals surface area contributed by atoms with Crippen LogP contribution in [0, 0.1) is 5.92 Å². The van der Waals surface area contributed by atoms with Crippen molar-refractivity contribution >= 4 is 5.78 Å². The van der Waals surface area contributed by atoms with E-state index in [1.807, 2.05) is 18.2 Å². The summed E-state index contributed by atoms with van der Waals surface area (Å²) >= 11 is 0. The number of aromatic nitrogens is 1. The molecule has 2 aromatic rings. The first-order valence-corrected chi connectivity index (χ1v) is 5.88. The Labute approximate surface area is 106 Å². The lowest BCUT2D eigenvalue weighted by Gasteiger charge is -2.17. The summed E-state index contributed by atoms with van der Waals surface area (Å²) in [7, 11) is 0. The minimum atomic E-state index is -0.876. The molecular weight excluding hydrogens is 226 g/mol. The smallest absolute Gasteiger partial charge is 0.168 e. The number of carbonyl (C=O) groups excluding carboxylic acids is 1. The standard InChI is InChI=1S/C15H15NO2/c1-11(14(17)12-7-3-2-4-8-12)15(18)13-9-5-6-10-16-13/h2-11,15,18H,1H3/t11-,15-/m0/s1. The first-order valence-electron chi connectivity index (χ1n) is 5.88. The maximum atomic E-state index is 12.2. The molecule has 1 heterocycles. The average molecular weight is 241 g/mol. The molecule has 0 aliphatic carbocycles. The lowest BCUT2D eigenvalue weighted by atomic mass is 9.92. The van der Waals surface area contributed by atoms with Gasteiger partial charge in [0.25, 0.3) is 0 Å². The molecule has 0 saturated carbocycles. The number of hydrogen-bond acceptors (Lipinski definition) is 3. The SMILES string of the molecule is C[C@@H](C(=O)c1ccccc1)[C@H](O)c1ccccn1. The molecule has 0 spiro atoms. The van der Waals surface area contributed by atoms with Crippen LogP contribution in [-0.4, -0.2) is 15.9 Å². The molecule has 1 N–H and O–H groups in total. The number of Topliss-reactive ketones (excluding diaryl/α,β-unsaturated/α-hetero) is 1. The van der Waals surface area contributed by atoms with Crippen molar-refractivity contribution in [3.8, 4) is 0 Å². The monoisotopic (exact) mass is 241 g/mol. The number of hydrogen-bond donors (Lipinski definition) is 1. The van der Waals surface area contributed by atoms with E-state index in [9.17, 15) is 9.90 Å². The van der Waals surface area contributed by atoms with E-state index in [1.54, 1.807) is 43.5 Å². The van der Waals surface area contributed by atoms with E-state index in [1.165, 1.54) is 0 Å². The fraction of sp³-hybridized carbons (Fsp3) is 0.200. The van der Waals surface area contributed by atoms with Gasteiger partial charge in [0, 0.05) is 11.8 Å². The molecule has 0 bridgehead atoms. The maximum absolute atomic E-state index is 12.2. The van der Waals surface area contributed by atoms with E-state index in [0.29, 0.717) is 11.3 Å². The Hall–Kier alpha value is -2.00. The number of benzene rings is 1. The van der Waals surface area contributed by atoms with E-state index >= 15 is 0 Å². The van der Waals surface area contributed by atoms with E-state index in [2.05, 4.69) is 4.98 Å². The van der Waals surface area contributed by atoms with Crippen LogP contribution in [0.25, 0.3) is 0 Å². The van der Waals surface area contributed by atoms with E-state index < -0.39 is 12.0 Å². The summed E-state index contributed by atoms with van der Waals surface area (Å²) in [5, 5.41) is 10.1. The highest BCUT2D eigenvalue weighted by atomic mass is 16.3. The zero-order valence-corrected chi connectivity index (χ0v) is 10.2. The maximum Gasteiger partial charge on any atom is 0.168 e. The quantitative estimate of drug-likeness (QED) is 0.837. The number of ketones is 1. The third kappa shape index (κ3) is 2.63. The largest absolute Gasteiger partial charge is 0.386 e. The lowest BCUT2D eigenvalue weighted by molar-refractivity contribution is 0.0702. The molecule has 2 rings (SSSR count). The summed E-state index contributed by atoms with van der Waals surface area (Å²) < 4.78 is 0. The molecule has 0 aliphatic heterocycles. The molecule has 1 aromatic heterocycles. The molecule has 3 heteroatoms. The van der Waals surface area contributed by atoms with Gasteiger partial charge in [0.05, 0.1) is 11.6 Å². The minimum Gasteiger partial charge on any atom is -0.386 e. The number of aliphatic hydroxyl groups is 1. The highest BCUT2D eigenvalue weighted by Crippen LogP contribution is 2.23. The Bertz CT molecular complexity index is 511. The Kier molecular flexibility index (Phi) is 3.85. The molecule has 1 aromatic carbocycles. The van der Waals surface area contributed by atoms with Gasteiger partial charge in [-0.1, -0.05) is 43.3 Å². The highest BCUT2D eigenvalue weighted by molar-refractivity contribution is 5.97. The van der Waals surface area contributed by atoms with Crippen LogP contribution in [0.15, 0.2) is 54.7 Å². The summed E-state index contributed by atoms with van der Waals surface area (Å²) in [6.07, 6.45) is 0.733. The predicted octanol–water partition coefficient (Wildman–Crippen LogP) is 2.63. The van der Waals surface area contributed by atoms with Crippen LogP contribution in [0.1, 0.15) is 29.1 Å². The van der Waals surface area contributed by atoms with Gasteiger partial charge >= 0.3 is 0 Å². The topological polar surface area (TPSA) is 50.2 Å². The van der Waals surface area contributed by atoms with Crippen LogP contribution in [-0.2, 0) is 0 Å². The Morgan fingerprint density at radius 2 is 1.78 bits per heavy atom. The summed E-state index contributed by atoms with van der Waals surface area (Å²) in [5.74, 6) is -0.587. The van der Waals surface area contributed by atoms with Gasteiger partial charge in [-0.2, -0.15) is 0 Å². The number of rotatable bonds is 4. The molecule has 0 radical (unpaired) electrons. The van der Waals surface area contributed by atoms with Gasteiger partial charge in [-0.15, -0.1) is 0 Å². The van der Waals surface area contributed by atoms with Gasteiger partial charge in [0.1, 0.15) is 6.10 Å². The van der Waals surface area contributed by atoms with Crippen LogP contribution >= 0.6 is 0 Å². The molecular formula is C15H15NO2. The molecule has 0 fully saturated rings. The first kappa shape index (κ1) is 12.5. The number of aliphatic hydroxyl groups excluding tert-OH is 1. The predicted molar refractivity (Wildman–Crippen MR) is 69.1 cm³/mol. The van der Waals surface area contributed by atoms with Crippen LogP contribution in [0.3, 0.4) is 0 Å². The molecule has 0 amide bonds. The third-order valence-electron chi connectivity index (χ3n) is 2.94. The first-order chi connectivity index (χ1) is 8.70. The fourth-order valence-electron chi connectivity index (χ4n) is 1.82. The lowest BCUT2D eigenvalue weighted by Crippen LogP contribution is -2.20. The minimum absolute atomic E-state index is 0.0752. The van der Waals surface area contributed by atoms with E-state index in [4.69, 9.17) is 0 Å². The van der Waals surface area contributed by atoms with Crippen molar-refractivity contribution in [2.45, 2.75) is 13.0 Å². The second-order valence-corrected chi connectivity index (χ2v) is 4.22. The normalized spacial score (nSPS) is 13.9. The zero-order chi connectivity index (χ0) is 13.0. The van der Waals surface area contributed by atoms with Gasteiger partial charge < -0.3 is 5.11 Å². The molecule has 18 heavy (non-hydrogen) atoms.